The van der Waals surface area contributed by atoms with Gasteiger partial charge in [-0.25, -0.2) is 0 Å². The Morgan fingerprint density at radius 1 is 1.50 bits per heavy atom. The number of nitrogens with zero attached hydrogens (tertiary/aromatic N) is 2. The van der Waals surface area contributed by atoms with Gasteiger partial charge in [-0.1, -0.05) is 20.8 Å². The van der Waals surface area contributed by atoms with E-state index < -0.39 is 0 Å². The summed E-state index contributed by atoms with van der Waals surface area (Å²) in [7, 11) is 0. The number of carbonyl (C=O) groups excluding carboxylic acids is 1. The summed E-state index contributed by atoms with van der Waals surface area (Å²) < 4.78 is 0. The van der Waals surface area contributed by atoms with Crippen molar-refractivity contribution >= 4 is 5.91 Å². The van der Waals surface area contributed by atoms with Crippen molar-refractivity contribution in [2.45, 2.75) is 33.2 Å². The zero-order valence-corrected chi connectivity index (χ0v) is 6.59. The fraction of sp³-hybridized carbons (Fsp3) is 0.857. The van der Waals surface area contributed by atoms with Crippen LogP contribution in [-0.4, -0.2) is 11.9 Å². The molecule has 3 nitrogen and oxygen atoms in total. The first-order valence-electron chi connectivity index (χ1n) is 3.44. The third kappa shape index (κ3) is 1.40. The number of hydrogen-bond acceptors (Lipinski definition) is 2. The molecule has 0 radical (unpaired) electrons. The smallest absolute Gasteiger partial charge is 0.266 e. The van der Waals surface area contributed by atoms with Crippen molar-refractivity contribution in [2.24, 2.45) is 15.6 Å². The topological polar surface area (TPSA) is 41.8 Å². The van der Waals surface area contributed by atoms with Gasteiger partial charge in [0.25, 0.3) is 5.91 Å². The van der Waals surface area contributed by atoms with Crippen LogP contribution in [0.4, 0.5) is 0 Å². The Hall–Kier alpha value is -0.730. The molecule has 0 aromatic carbocycles. The van der Waals surface area contributed by atoms with Crippen LogP contribution in [0.3, 0.4) is 0 Å². The maximum Gasteiger partial charge on any atom is 0.266 e. The first kappa shape index (κ1) is 7.38. The van der Waals surface area contributed by atoms with Gasteiger partial charge in [-0.15, -0.1) is 5.11 Å². The quantitative estimate of drug-likeness (QED) is 0.505. The summed E-state index contributed by atoms with van der Waals surface area (Å²) in [5.74, 6) is -0.0834. The van der Waals surface area contributed by atoms with Crippen molar-refractivity contribution in [3.63, 3.8) is 0 Å². The van der Waals surface area contributed by atoms with Gasteiger partial charge in [0, 0.05) is 0 Å². The van der Waals surface area contributed by atoms with E-state index in [2.05, 4.69) is 31.0 Å². The summed E-state index contributed by atoms with van der Waals surface area (Å²) in [5, 5.41) is 7.33. The van der Waals surface area contributed by atoms with Gasteiger partial charge in [-0.3, -0.25) is 4.79 Å². The minimum absolute atomic E-state index is 0.0790. The maximum absolute atomic E-state index is 10.6. The third-order valence-corrected chi connectivity index (χ3v) is 1.68. The van der Waals surface area contributed by atoms with E-state index in [0.29, 0.717) is 6.42 Å². The highest BCUT2D eigenvalue weighted by Crippen LogP contribution is 2.28. The minimum atomic E-state index is -0.0834. The molecule has 0 aliphatic carbocycles. The lowest BCUT2D eigenvalue weighted by Crippen LogP contribution is -2.22. The molecule has 1 aliphatic rings. The van der Waals surface area contributed by atoms with E-state index in [1.54, 1.807) is 0 Å². The highest BCUT2D eigenvalue weighted by molar-refractivity contribution is 5.78. The van der Waals surface area contributed by atoms with Crippen LogP contribution in [0.2, 0.25) is 0 Å². The van der Waals surface area contributed by atoms with Crippen LogP contribution >= 0.6 is 0 Å². The normalized spacial score (nSPS) is 25.9. The van der Waals surface area contributed by atoms with Crippen LogP contribution in [0.25, 0.3) is 0 Å². The Balaban J connectivity index is 2.63. The monoisotopic (exact) mass is 140 g/mol. The maximum atomic E-state index is 10.6. The summed E-state index contributed by atoms with van der Waals surface area (Å²) in [5.41, 5.74) is 0.0790. The molecule has 0 fully saturated rings. The van der Waals surface area contributed by atoms with E-state index in [1.165, 1.54) is 0 Å². The second-order valence-electron chi connectivity index (χ2n) is 3.70. The van der Waals surface area contributed by atoms with Crippen molar-refractivity contribution in [2.75, 3.05) is 0 Å². The lowest BCUT2D eigenvalue weighted by Gasteiger charge is -2.21. The molecule has 1 heterocycles. The van der Waals surface area contributed by atoms with E-state index in [-0.39, 0.29) is 17.4 Å². The molecule has 0 aromatic heterocycles. The molecule has 3 heteroatoms. The fourth-order valence-electron chi connectivity index (χ4n) is 0.861. The van der Waals surface area contributed by atoms with Crippen LogP contribution in [0, 0.1) is 5.41 Å². The molecule has 56 valence electrons. The van der Waals surface area contributed by atoms with Crippen molar-refractivity contribution < 1.29 is 4.79 Å². The highest BCUT2D eigenvalue weighted by atomic mass is 16.2. The molecule has 0 saturated carbocycles. The minimum Gasteiger partial charge on any atom is -0.271 e. The Bertz CT molecular complexity index is 179. The molecule has 10 heavy (non-hydrogen) atoms. The van der Waals surface area contributed by atoms with Crippen LogP contribution in [-0.2, 0) is 4.79 Å². The molecule has 1 unspecified atom stereocenters. The standard InChI is InChI=1S/C7H12N2O/c1-7(2,3)5-4-6(10)9-8-5/h5H,4H2,1-3H3. The Labute approximate surface area is 60.5 Å². The van der Waals surface area contributed by atoms with Gasteiger partial charge in [0.05, 0.1) is 12.5 Å². The predicted molar refractivity (Wildman–Crippen MR) is 37.7 cm³/mol. The van der Waals surface area contributed by atoms with Crippen molar-refractivity contribution in [3.8, 4) is 0 Å². The van der Waals surface area contributed by atoms with E-state index in [1.807, 2.05) is 0 Å². The molecule has 0 bridgehead atoms. The summed E-state index contributed by atoms with van der Waals surface area (Å²) in [6.45, 7) is 6.19. The molecule has 1 rings (SSSR count). The van der Waals surface area contributed by atoms with E-state index >= 15 is 0 Å². The number of azo groups is 1. The first-order valence-corrected chi connectivity index (χ1v) is 3.44. The van der Waals surface area contributed by atoms with E-state index in [9.17, 15) is 4.79 Å². The second kappa shape index (κ2) is 2.15. The Kier molecular flexibility index (Phi) is 1.58. The Morgan fingerprint density at radius 3 is 2.30 bits per heavy atom. The van der Waals surface area contributed by atoms with Gasteiger partial charge in [0.15, 0.2) is 0 Å². The summed E-state index contributed by atoms with van der Waals surface area (Å²) in [6.07, 6.45) is 0.490. The Morgan fingerprint density at radius 2 is 2.10 bits per heavy atom. The van der Waals surface area contributed by atoms with Gasteiger partial charge in [0.2, 0.25) is 0 Å². The molecule has 1 aliphatic heterocycles. The summed E-state index contributed by atoms with van der Waals surface area (Å²) in [6, 6.07) is 0.0972. The average Bonchev–Trinajstić information content (AvgIpc) is 2.11. The molecule has 0 aromatic rings. The largest absolute Gasteiger partial charge is 0.271 e. The second-order valence-corrected chi connectivity index (χ2v) is 3.70. The third-order valence-electron chi connectivity index (χ3n) is 1.68. The fourth-order valence-corrected chi connectivity index (χ4v) is 0.861. The zero-order valence-electron chi connectivity index (χ0n) is 6.59. The lowest BCUT2D eigenvalue weighted by atomic mass is 9.86. The first-order chi connectivity index (χ1) is 4.50. The number of hydrogen-bond donors (Lipinski definition) is 0. The van der Waals surface area contributed by atoms with Gasteiger partial charge in [0.1, 0.15) is 0 Å². The van der Waals surface area contributed by atoms with E-state index in [0.717, 1.165) is 0 Å². The lowest BCUT2D eigenvalue weighted by molar-refractivity contribution is -0.117. The molecule has 0 saturated heterocycles. The summed E-state index contributed by atoms with van der Waals surface area (Å²) >= 11 is 0. The molecular weight excluding hydrogens is 128 g/mol. The van der Waals surface area contributed by atoms with Crippen molar-refractivity contribution in [1.29, 1.82) is 0 Å². The summed E-state index contributed by atoms with van der Waals surface area (Å²) in [4.78, 5) is 10.6. The van der Waals surface area contributed by atoms with Crippen LogP contribution in [0.5, 0.6) is 0 Å². The van der Waals surface area contributed by atoms with Crippen molar-refractivity contribution in [3.05, 3.63) is 0 Å². The predicted octanol–water partition coefficient (Wildman–Crippen LogP) is 1.78. The molecule has 0 N–H and O–H groups in total. The van der Waals surface area contributed by atoms with Gasteiger partial charge in [-0.2, -0.15) is 5.11 Å². The van der Waals surface area contributed by atoms with Gasteiger partial charge < -0.3 is 0 Å². The van der Waals surface area contributed by atoms with Crippen LogP contribution in [0.15, 0.2) is 10.2 Å². The zero-order chi connectivity index (χ0) is 7.78. The van der Waals surface area contributed by atoms with Gasteiger partial charge in [-0.05, 0) is 5.41 Å². The molecule has 1 atom stereocenters. The number of carbonyl (C=O) groups is 1. The molecule has 1 amide bonds. The SMILES string of the molecule is CC(C)(C)C1CC(=O)N=N1. The molecule has 0 spiro atoms. The molecular formula is C7H12N2O. The average molecular weight is 140 g/mol. The van der Waals surface area contributed by atoms with E-state index in [4.69, 9.17) is 0 Å². The number of rotatable bonds is 0. The van der Waals surface area contributed by atoms with Crippen LogP contribution in [0.1, 0.15) is 27.2 Å². The number of amides is 1. The van der Waals surface area contributed by atoms with Gasteiger partial charge >= 0.3 is 0 Å². The highest BCUT2D eigenvalue weighted by Gasteiger charge is 2.30. The van der Waals surface area contributed by atoms with Crippen LogP contribution < -0.4 is 0 Å². The van der Waals surface area contributed by atoms with Crippen molar-refractivity contribution in [1.82, 2.24) is 0 Å².